The molecule has 0 spiro atoms. The normalized spacial score (nSPS) is 12.0. The summed E-state index contributed by atoms with van der Waals surface area (Å²) in [5, 5.41) is 3.92. The van der Waals surface area contributed by atoms with Crippen molar-refractivity contribution < 1.29 is 4.79 Å². The zero-order valence-corrected chi connectivity index (χ0v) is 17.4. The van der Waals surface area contributed by atoms with Gasteiger partial charge in [0.2, 0.25) is 0 Å². The van der Waals surface area contributed by atoms with Crippen LogP contribution in [0.15, 0.2) is 77.6 Å². The van der Waals surface area contributed by atoms with E-state index in [-0.39, 0.29) is 11.5 Å². The summed E-state index contributed by atoms with van der Waals surface area (Å²) in [6.45, 7) is 1.80. The molecule has 0 saturated heterocycles. The number of benzene rings is 3. The van der Waals surface area contributed by atoms with Crippen molar-refractivity contribution in [2.45, 2.75) is 13.0 Å². The first-order valence-corrected chi connectivity index (χ1v) is 9.94. The average molecular weight is 418 g/mol. The molecule has 30 heavy (non-hydrogen) atoms. The first-order chi connectivity index (χ1) is 14.4. The monoisotopic (exact) mass is 417 g/mol. The van der Waals surface area contributed by atoms with Gasteiger partial charge >= 0.3 is 0 Å². The van der Waals surface area contributed by atoms with Gasteiger partial charge in [-0.2, -0.15) is 0 Å². The van der Waals surface area contributed by atoms with Crippen molar-refractivity contribution in [2.24, 2.45) is 7.05 Å². The largest absolute Gasteiger partial charge is 0.342 e. The van der Waals surface area contributed by atoms with Crippen LogP contribution in [-0.2, 0) is 7.05 Å². The second-order valence-electron chi connectivity index (χ2n) is 7.13. The molecule has 3 aromatic carbocycles. The van der Waals surface area contributed by atoms with E-state index in [1.165, 1.54) is 4.57 Å². The highest BCUT2D eigenvalue weighted by Crippen LogP contribution is 2.20. The topological polar surface area (TPSA) is 64.0 Å². The number of aromatic nitrogens is 2. The number of nitrogens with zero attached hydrogens (tertiary/aromatic N) is 2. The van der Waals surface area contributed by atoms with Gasteiger partial charge < -0.3 is 5.32 Å². The van der Waals surface area contributed by atoms with Crippen molar-refractivity contribution >= 4 is 28.4 Å². The van der Waals surface area contributed by atoms with E-state index in [2.05, 4.69) is 10.3 Å². The Kier molecular flexibility index (Phi) is 5.38. The number of rotatable bonds is 4. The fraction of sp³-hybridized carbons (Fsp3) is 0.125. The summed E-state index contributed by atoms with van der Waals surface area (Å²) >= 11 is 6.05. The lowest BCUT2D eigenvalue weighted by Crippen LogP contribution is -2.32. The second kappa shape index (κ2) is 8.13. The maximum Gasteiger partial charge on any atom is 0.261 e. The lowest BCUT2D eigenvalue weighted by molar-refractivity contribution is 0.0937. The molecule has 150 valence electrons. The van der Waals surface area contributed by atoms with Gasteiger partial charge in [0.15, 0.2) is 0 Å². The van der Waals surface area contributed by atoms with E-state index in [1.54, 1.807) is 44.3 Å². The van der Waals surface area contributed by atoms with Crippen molar-refractivity contribution in [3.8, 4) is 11.1 Å². The number of carbonyl (C=O) groups is 1. The molecule has 4 aromatic rings. The van der Waals surface area contributed by atoms with Gasteiger partial charge in [-0.3, -0.25) is 14.2 Å². The van der Waals surface area contributed by atoms with Gasteiger partial charge in [0.25, 0.3) is 11.5 Å². The molecule has 0 radical (unpaired) electrons. The SMILES string of the molecule is C[C@H](NC(=O)c1ccc(-c2ccccc2)cc1)c1nc2cc(Cl)ccc2c(=O)n1C. The summed E-state index contributed by atoms with van der Waals surface area (Å²) in [7, 11) is 1.65. The van der Waals surface area contributed by atoms with Crippen LogP contribution in [0, 0.1) is 0 Å². The Hall–Kier alpha value is -3.44. The van der Waals surface area contributed by atoms with Crippen LogP contribution < -0.4 is 10.9 Å². The van der Waals surface area contributed by atoms with Crippen LogP contribution in [0.4, 0.5) is 0 Å². The Labute approximate surface area is 179 Å². The number of carbonyl (C=O) groups excluding carboxylic acids is 1. The molecule has 0 aliphatic rings. The minimum absolute atomic E-state index is 0.181. The van der Waals surface area contributed by atoms with Gasteiger partial charge in [0, 0.05) is 17.6 Å². The Bertz CT molecular complexity index is 1280. The van der Waals surface area contributed by atoms with Crippen molar-refractivity contribution in [3.63, 3.8) is 0 Å². The summed E-state index contributed by atoms with van der Waals surface area (Å²) in [4.78, 5) is 30.0. The maximum atomic E-state index is 12.7. The molecule has 0 aliphatic heterocycles. The van der Waals surface area contributed by atoms with Crippen LogP contribution in [0.5, 0.6) is 0 Å². The number of amides is 1. The molecule has 1 N–H and O–H groups in total. The number of nitrogens with one attached hydrogen (secondary N) is 1. The number of hydrogen-bond acceptors (Lipinski definition) is 3. The highest BCUT2D eigenvalue weighted by Gasteiger charge is 2.17. The summed E-state index contributed by atoms with van der Waals surface area (Å²) in [6, 6.07) is 21.9. The van der Waals surface area contributed by atoms with E-state index >= 15 is 0 Å². The van der Waals surface area contributed by atoms with Crippen molar-refractivity contribution in [3.05, 3.63) is 99.6 Å². The Morgan fingerprint density at radius 1 is 1.00 bits per heavy atom. The van der Waals surface area contributed by atoms with Gasteiger partial charge in [-0.25, -0.2) is 4.98 Å². The Morgan fingerprint density at radius 3 is 2.37 bits per heavy atom. The number of halogens is 1. The maximum absolute atomic E-state index is 12.7. The minimum atomic E-state index is -0.465. The molecular weight excluding hydrogens is 398 g/mol. The summed E-state index contributed by atoms with van der Waals surface area (Å²) < 4.78 is 1.46. The van der Waals surface area contributed by atoms with Gasteiger partial charge in [-0.05, 0) is 48.4 Å². The van der Waals surface area contributed by atoms with Gasteiger partial charge in [0.05, 0.1) is 16.9 Å². The van der Waals surface area contributed by atoms with E-state index in [0.29, 0.717) is 27.3 Å². The van der Waals surface area contributed by atoms with Crippen LogP contribution in [0.2, 0.25) is 5.02 Å². The second-order valence-corrected chi connectivity index (χ2v) is 7.57. The van der Waals surface area contributed by atoms with Crippen LogP contribution in [-0.4, -0.2) is 15.5 Å². The fourth-order valence-electron chi connectivity index (χ4n) is 3.44. The van der Waals surface area contributed by atoms with Gasteiger partial charge in [-0.1, -0.05) is 54.1 Å². The van der Waals surface area contributed by atoms with Crippen molar-refractivity contribution in [2.75, 3.05) is 0 Å². The van der Waals surface area contributed by atoms with Crippen LogP contribution in [0.25, 0.3) is 22.0 Å². The third kappa shape index (κ3) is 3.84. The molecule has 1 atom stereocenters. The van der Waals surface area contributed by atoms with Gasteiger partial charge in [-0.15, -0.1) is 0 Å². The lowest BCUT2D eigenvalue weighted by Gasteiger charge is -2.17. The van der Waals surface area contributed by atoms with Crippen LogP contribution >= 0.6 is 11.6 Å². The van der Waals surface area contributed by atoms with E-state index < -0.39 is 6.04 Å². The Balaban J connectivity index is 1.58. The van der Waals surface area contributed by atoms with Gasteiger partial charge in [0.1, 0.15) is 5.82 Å². The third-order valence-corrected chi connectivity index (χ3v) is 5.30. The van der Waals surface area contributed by atoms with E-state index in [0.717, 1.165) is 11.1 Å². The first kappa shape index (κ1) is 19.9. The standard InChI is InChI=1S/C24H20ClN3O2/c1-15(22-27-21-14-19(25)12-13-20(21)24(30)28(22)2)26-23(29)18-10-8-17(9-11-18)16-6-4-3-5-7-16/h3-15H,1-2H3,(H,26,29)/t15-/m0/s1. The minimum Gasteiger partial charge on any atom is -0.342 e. The van der Waals surface area contributed by atoms with E-state index in [9.17, 15) is 9.59 Å². The zero-order chi connectivity index (χ0) is 21.3. The van der Waals surface area contributed by atoms with Crippen molar-refractivity contribution in [1.29, 1.82) is 0 Å². The molecule has 0 fully saturated rings. The molecule has 0 aliphatic carbocycles. The molecule has 0 saturated carbocycles. The summed E-state index contributed by atoms with van der Waals surface area (Å²) in [6.07, 6.45) is 0. The van der Waals surface area contributed by atoms with Crippen LogP contribution in [0.1, 0.15) is 29.1 Å². The smallest absolute Gasteiger partial charge is 0.261 e. The molecule has 1 aromatic heterocycles. The lowest BCUT2D eigenvalue weighted by atomic mass is 10.0. The summed E-state index contributed by atoms with van der Waals surface area (Å²) in [5.74, 6) is 0.228. The quantitative estimate of drug-likeness (QED) is 0.521. The molecule has 1 amide bonds. The highest BCUT2D eigenvalue weighted by atomic mass is 35.5. The fourth-order valence-corrected chi connectivity index (χ4v) is 3.60. The predicted molar refractivity (Wildman–Crippen MR) is 120 cm³/mol. The molecular formula is C24H20ClN3O2. The molecule has 0 unspecified atom stereocenters. The zero-order valence-electron chi connectivity index (χ0n) is 16.6. The third-order valence-electron chi connectivity index (χ3n) is 5.06. The van der Waals surface area contributed by atoms with Crippen molar-refractivity contribution in [1.82, 2.24) is 14.9 Å². The average Bonchev–Trinajstić information content (AvgIpc) is 2.76. The van der Waals surface area contributed by atoms with E-state index in [1.807, 2.05) is 42.5 Å². The summed E-state index contributed by atoms with van der Waals surface area (Å²) in [5.41, 5.74) is 2.99. The highest BCUT2D eigenvalue weighted by molar-refractivity contribution is 6.31. The first-order valence-electron chi connectivity index (χ1n) is 9.56. The molecule has 6 heteroatoms. The number of fused-ring (bicyclic) bond motifs is 1. The number of hydrogen-bond donors (Lipinski definition) is 1. The van der Waals surface area contributed by atoms with Crippen LogP contribution in [0.3, 0.4) is 0 Å². The molecule has 5 nitrogen and oxygen atoms in total. The molecule has 4 rings (SSSR count). The molecule has 0 bridgehead atoms. The Morgan fingerprint density at radius 2 is 1.67 bits per heavy atom. The van der Waals surface area contributed by atoms with E-state index in [4.69, 9.17) is 11.6 Å². The predicted octanol–water partition coefficient (Wildman–Crippen LogP) is 4.74. The molecule has 1 heterocycles.